The van der Waals surface area contributed by atoms with E-state index in [1.54, 1.807) is 13.1 Å². The van der Waals surface area contributed by atoms with Crippen molar-refractivity contribution >= 4 is 35.1 Å². The number of benzene rings is 1. The maximum Gasteiger partial charge on any atom is 0.289 e. The first-order valence-electron chi connectivity index (χ1n) is 4.50. The molecule has 15 heavy (non-hydrogen) atoms. The first-order chi connectivity index (χ1) is 7.13. The summed E-state index contributed by atoms with van der Waals surface area (Å²) >= 11 is 3.68. The highest BCUT2D eigenvalue weighted by Gasteiger charge is 2.30. The van der Waals surface area contributed by atoms with Crippen molar-refractivity contribution in [1.82, 2.24) is 0 Å². The molecule has 2 rings (SSSR count). The van der Waals surface area contributed by atoms with Crippen LogP contribution in [0, 0.1) is 0 Å². The molecule has 4 nitrogen and oxygen atoms in total. The predicted molar refractivity (Wildman–Crippen MR) is 61.6 cm³/mol. The van der Waals surface area contributed by atoms with Crippen molar-refractivity contribution in [3.8, 4) is 0 Å². The molecule has 0 atom stereocenters. The number of nitrogens with one attached hydrogen (secondary N) is 1. The minimum absolute atomic E-state index is 0.224. The predicted octanol–water partition coefficient (Wildman–Crippen LogP) is 1.67. The molecule has 0 saturated carbocycles. The SMILES string of the molecule is CNc1ccc2c(c1)CC(=O)N2C(=O)S. The van der Waals surface area contributed by atoms with Gasteiger partial charge in [-0.15, -0.1) is 0 Å². The van der Waals surface area contributed by atoms with Gasteiger partial charge in [-0.05, 0) is 23.8 Å². The number of imide groups is 1. The van der Waals surface area contributed by atoms with E-state index in [1.165, 1.54) is 0 Å². The standard InChI is InChI=1S/C10H10N2O2S/c1-11-7-2-3-8-6(4-7)5-9(13)12(8)10(14)15/h2-4,11H,5H2,1H3,(H,14,15). The second-order valence-corrected chi connectivity index (χ2v) is 3.66. The third-order valence-electron chi connectivity index (χ3n) is 2.39. The van der Waals surface area contributed by atoms with Gasteiger partial charge in [-0.25, -0.2) is 4.90 Å². The van der Waals surface area contributed by atoms with Gasteiger partial charge < -0.3 is 5.32 Å². The van der Waals surface area contributed by atoms with Crippen LogP contribution in [-0.4, -0.2) is 18.2 Å². The van der Waals surface area contributed by atoms with Crippen molar-refractivity contribution in [1.29, 1.82) is 0 Å². The fraction of sp³-hybridized carbons (Fsp3) is 0.200. The summed E-state index contributed by atoms with van der Waals surface area (Å²) in [4.78, 5) is 23.7. The summed E-state index contributed by atoms with van der Waals surface area (Å²) in [6.45, 7) is 0. The average molecular weight is 222 g/mol. The van der Waals surface area contributed by atoms with Crippen LogP contribution in [0.3, 0.4) is 0 Å². The van der Waals surface area contributed by atoms with Crippen LogP contribution in [0.1, 0.15) is 5.56 Å². The van der Waals surface area contributed by atoms with Crippen LogP contribution in [-0.2, 0) is 11.2 Å². The Balaban J connectivity index is 2.47. The number of thiol groups is 1. The molecule has 0 bridgehead atoms. The third kappa shape index (κ3) is 1.59. The Morgan fingerprint density at radius 2 is 2.27 bits per heavy atom. The Morgan fingerprint density at radius 1 is 1.53 bits per heavy atom. The molecule has 78 valence electrons. The van der Waals surface area contributed by atoms with Crippen LogP contribution in [0.25, 0.3) is 0 Å². The lowest BCUT2D eigenvalue weighted by molar-refractivity contribution is -0.116. The van der Waals surface area contributed by atoms with Crippen molar-refractivity contribution in [2.75, 3.05) is 17.3 Å². The number of hydrogen-bond acceptors (Lipinski definition) is 3. The van der Waals surface area contributed by atoms with Crippen molar-refractivity contribution in [3.63, 3.8) is 0 Å². The zero-order valence-corrected chi connectivity index (χ0v) is 9.04. The summed E-state index contributed by atoms with van der Waals surface area (Å²) in [5.74, 6) is -0.224. The van der Waals surface area contributed by atoms with E-state index < -0.39 is 5.24 Å². The largest absolute Gasteiger partial charge is 0.388 e. The fourth-order valence-corrected chi connectivity index (χ4v) is 1.91. The molecule has 1 heterocycles. The van der Waals surface area contributed by atoms with Gasteiger partial charge in [0.15, 0.2) is 0 Å². The van der Waals surface area contributed by atoms with Gasteiger partial charge >= 0.3 is 0 Å². The highest BCUT2D eigenvalue weighted by molar-refractivity contribution is 7.97. The van der Waals surface area contributed by atoms with E-state index >= 15 is 0 Å². The summed E-state index contributed by atoms with van der Waals surface area (Å²) in [5, 5.41) is 2.45. The maximum absolute atomic E-state index is 11.5. The third-order valence-corrected chi connectivity index (χ3v) is 2.59. The smallest absolute Gasteiger partial charge is 0.289 e. The highest BCUT2D eigenvalue weighted by atomic mass is 32.1. The molecular formula is C10H10N2O2S. The lowest BCUT2D eigenvalue weighted by atomic mass is 10.1. The van der Waals surface area contributed by atoms with Gasteiger partial charge in [-0.1, -0.05) is 12.6 Å². The molecule has 1 aromatic carbocycles. The molecule has 0 unspecified atom stereocenters. The van der Waals surface area contributed by atoms with Crippen molar-refractivity contribution in [2.24, 2.45) is 0 Å². The van der Waals surface area contributed by atoms with E-state index in [4.69, 9.17) is 0 Å². The van der Waals surface area contributed by atoms with Crippen LogP contribution in [0.5, 0.6) is 0 Å². The molecule has 0 radical (unpaired) electrons. The number of rotatable bonds is 1. The summed E-state index contributed by atoms with van der Waals surface area (Å²) < 4.78 is 0. The Kier molecular flexibility index (Phi) is 2.40. The molecule has 0 aromatic heterocycles. The Bertz CT molecular complexity index is 445. The Hall–Kier alpha value is -1.49. The molecule has 1 aliphatic rings. The molecule has 1 N–H and O–H groups in total. The number of hydrogen-bond donors (Lipinski definition) is 2. The maximum atomic E-state index is 11.5. The minimum atomic E-state index is -0.532. The molecule has 0 saturated heterocycles. The van der Waals surface area contributed by atoms with Crippen molar-refractivity contribution in [2.45, 2.75) is 6.42 Å². The van der Waals surface area contributed by atoms with Crippen molar-refractivity contribution < 1.29 is 9.59 Å². The quantitative estimate of drug-likeness (QED) is 0.711. The van der Waals surface area contributed by atoms with Gasteiger partial charge in [0.05, 0.1) is 12.1 Å². The molecule has 1 aromatic rings. The number of nitrogens with zero attached hydrogens (tertiary/aromatic N) is 1. The van der Waals surface area contributed by atoms with E-state index in [9.17, 15) is 9.59 Å². The summed E-state index contributed by atoms with van der Waals surface area (Å²) in [5.41, 5.74) is 2.42. The summed E-state index contributed by atoms with van der Waals surface area (Å²) in [7, 11) is 1.81. The molecule has 2 amide bonds. The van der Waals surface area contributed by atoms with E-state index in [-0.39, 0.29) is 12.3 Å². The molecular weight excluding hydrogens is 212 g/mol. The topological polar surface area (TPSA) is 49.4 Å². The number of anilines is 2. The van der Waals surface area contributed by atoms with Gasteiger partial charge in [-0.3, -0.25) is 9.59 Å². The van der Waals surface area contributed by atoms with Crippen LogP contribution in [0.4, 0.5) is 16.2 Å². The van der Waals surface area contributed by atoms with E-state index in [0.29, 0.717) is 5.69 Å². The van der Waals surface area contributed by atoms with E-state index in [2.05, 4.69) is 17.9 Å². The molecule has 1 aliphatic heterocycles. The van der Waals surface area contributed by atoms with Crippen LogP contribution < -0.4 is 10.2 Å². The zero-order valence-electron chi connectivity index (χ0n) is 8.15. The van der Waals surface area contributed by atoms with Gasteiger partial charge in [0.1, 0.15) is 0 Å². The normalized spacial score (nSPS) is 14.0. The van der Waals surface area contributed by atoms with Crippen LogP contribution >= 0.6 is 12.6 Å². The second kappa shape index (κ2) is 3.58. The van der Waals surface area contributed by atoms with E-state index in [1.807, 2.05) is 12.1 Å². The average Bonchev–Trinajstić information content (AvgIpc) is 2.52. The lowest BCUT2D eigenvalue weighted by Gasteiger charge is -2.12. The van der Waals surface area contributed by atoms with Gasteiger partial charge in [0.25, 0.3) is 5.24 Å². The van der Waals surface area contributed by atoms with Crippen LogP contribution in [0.15, 0.2) is 18.2 Å². The second-order valence-electron chi connectivity index (χ2n) is 3.28. The number of carbonyl (C=O) groups is 2. The summed E-state index contributed by atoms with van der Waals surface area (Å²) in [6.07, 6.45) is 0.261. The van der Waals surface area contributed by atoms with Gasteiger partial charge in [-0.2, -0.15) is 0 Å². The number of amides is 2. The summed E-state index contributed by atoms with van der Waals surface area (Å²) in [6, 6.07) is 5.44. The first kappa shape index (κ1) is 10.0. The van der Waals surface area contributed by atoms with Gasteiger partial charge in [0, 0.05) is 12.7 Å². The minimum Gasteiger partial charge on any atom is -0.388 e. The van der Waals surface area contributed by atoms with E-state index in [0.717, 1.165) is 16.2 Å². The Labute approximate surface area is 92.7 Å². The lowest BCUT2D eigenvalue weighted by Crippen LogP contribution is -2.28. The fourth-order valence-electron chi connectivity index (χ4n) is 1.69. The van der Waals surface area contributed by atoms with Gasteiger partial charge in [0.2, 0.25) is 5.91 Å². The Morgan fingerprint density at radius 3 is 2.87 bits per heavy atom. The highest BCUT2D eigenvalue weighted by Crippen LogP contribution is 2.31. The number of carbonyl (C=O) groups excluding carboxylic acids is 2. The molecule has 5 heteroatoms. The monoisotopic (exact) mass is 222 g/mol. The number of fused-ring (bicyclic) bond motifs is 1. The molecule has 0 fully saturated rings. The zero-order chi connectivity index (χ0) is 11.0. The molecule has 0 aliphatic carbocycles. The molecule has 0 spiro atoms. The van der Waals surface area contributed by atoms with Crippen LogP contribution in [0.2, 0.25) is 0 Å². The first-order valence-corrected chi connectivity index (χ1v) is 4.95. The van der Waals surface area contributed by atoms with Crippen molar-refractivity contribution in [3.05, 3.63) is 23.8 Å².